The Kier molecular flexibility index (Phi) is 8.53. The Labute approximate surface area is 207 Å². The monoisotopic (exact) mass is 498 g/mol. The summed E-state index contributed by atoms with van der Waals surface area (Å²) in [6.07, 6.45) is 1.40. The van der Waals surface area contributed by atoms with Crippen LogP contribution in [0.1, 0.15) is 23.6 Å². The third-order valence-electron chi connectivity index (χ3n) is 4.80. The largest absolute Gasteiger partial charge is 0.490 e. The summed E-state index contributed by atoms with van der Waals surface area (Å²) in [5, 5.41) is 13.0. The second kappa shape index (κ2) is 11.6. The SMILES string of the molecule is CCOc1cc(/C=C(\C#N)C(=O)Nc2cccc(Cl)c2C)cc(Cl)c1OCc1cccc(F)c1. The number of anilines is 1. The number of hydrogen-bond acceptors (Lipinski definition) is 4. The zero-order chi connectivity index (χ0) is 24.7. The second-order valence-electron chi connectivity index (χ2n) is 7.22. The number of amides is 1. The van der Waals surface area contributed by atoms with Crippen LogP contribution >= 0.6 is 23.2 Å². The lowest BCUT2D eigenvalue weighted by Crippen LogP contribution is -2.14. The summed E-state index contributed by atoms with van der Waals surface area (Å²) in [7, 11) is 0. The summed E-state index contributed by atoms with van der Waals surface area (Å²) < 4.78 is 24.9. The molecule has 174 valence electrons. The van der Waals surface area contributed by atoms with Gasteiger partial charge in [-0.15, -0.1) is 0 Å². The maximum absolute atomic E-state index is 13.4. The van der Waals surface area contributed by atoms with E-state index in [1.807, 2.05) is 6.07 Å². The van der Waals surface area contributed by atoms with E-state index in [1.54, 1.807) is 56.3 Å². The van der Waals surface area contributed by atoms with Crippen molar-refractivity contribution in [2.75, 3.05) is 11.9 Å². The molecule has 0 unspecified atom stereocenters. The van der Waals surface area contributed by atoms with E-state index in [0.29, 0.717) is 39.8 Å². The topological polar surface area (TPSA) is 71.3 Å². The van der Waals surface area contributed by atoms with Crippen molar-refractivity contribution in [2.45, 2.75) is 20.5 Å². The van der Waals surface area contributed by atoms with Crippen molar-refractivity contribution in [1.29, 1.82) is 5.26 Å². The molecule has 0 aromatic heterocycles. The van der Waals surface area contributed by atoms with E-state index < -0.39 is 5.91 Å². The highest BCUT2D eigenvalue weighted by molar-refractivity contribution is 6.32. The number of ether oxygens (including phenoxy) is 2. The van der Waals surface area contributed by atoms with Crippen molar-refractivity contribution in [1.82, 2.24) is 0 Å². The molecule has 1 N–H and O–H groups in total. The van der Waals surface area contributed by atoms with Crippen molar-refractivity contribution in [3.63, 3.8) is 0 Å². The van der Waals surface area contributed by atoms with Crippen molar-refractivity contribution >= 4 is 40.9 Å². The molecule has 1 amide bonds. The Hall–Kier alpha value is -3.53. The number of halogens is 3. The maximum atomic E-state index is 13.4. The first-order chi connectivity index (χ1) is 16.3. The fourth-order valence-electron chi connectivity index (χ4n) is 3.10. The lowest BCUT2D eigenvalue weighted by Gasteiger charge is -2.15. The Morgan fingerprint density at radius 2 is 1.88 bits per heavy atom. The fraction of sp³-hybridized carbons (Fsp3) is 0.154. The summed E-state index contributed by atoms with van der Waals surface area (Å²) in [6.45, 7) is 3.98. The lowest BCUT2D eigenvalue weighted by atomic mass is 10.1. The van der Waals surface area contributed by atoms with Crippen LogP contribution in [0.2, 0.25) is 10.0 Å². The van der Waals surface area contributed by atoms with E-state index in [2.05, 4.69) is 5.32 Å². The first-order valence-corrected chi connectivity index (χ1v) is 11.1. The van der Waals surface area contributed by atoms with Gasteiger partial charge < -0.3 is 14.8 Å². The standard InChI is InChI=1S/C26H21Cl2FN2O3/c1-3-33-24-13-18(12-22(28)25(24)34-15-17-6-4-7-20(29)11-17)10-19(14-30)26(32)31-23-9-5-8-21(27)16(23)2/h4-13H,3,15H2,1-2H3,(H,31,32)/b19-10+. The molecule has 0 bridgehead atoms. The van der Waals surface area contributed by atoms with Gasteiger partial charge in [0.25, 0.3) is 5.91 Å². The van der Waals surface area contributed by atoms with Crippen LogP contribution < -0.4 is 14.8 Å². The molecule has 0 heterocycles. The highest BCUT2D eigenvalue weighted by Gasteiger charge is 2.16. The molecular formula is C26H21Cl2FN2O3. The lowest BCUT2D eigenvalue weighted by molar-refractivity contribution is -0.112. The van der Waals surface area contributed by atoms with Gasteiger partial charge in [-0.25, -0.2) is 4.39 Å². The zero-order valence-corrected chi connectivity index (χ0v) is 20.0. The Balaban J connectivity index is 1.86. The third kappa shape index (κ3) is 6.28. The Morgan fingerprint density at radius 1 is 1.12 bits per heavy atom. The number of benzene rings is 3. The first kappa shape index (κ1) is 25.1. The number of carbonyl (C=O) groups is 1. The molecule has 0 spiro atoms. The van der Waals surface area contributed by atoms with E-state index in [1.165, 1.54) is 18.2 Å². The van der Waals surface area contributed by atoms with Crippen LogP contribution in [0.4, 0.5) is 10.1 Å². The molecule has 34 heavy (non-hydrogen) atoms. The van der Waals surface area contributed by atoms with Gasteiger partial charge >= 0.3 is 0 Å². The molecule has 3 aromatic carbocycles. The predicted molar refractivity (Wildman–Crippen MR) is 132 cm³/mol. The minimum atomic E-state index is -0.589. The molecule has 0 aliphatic heterocycles. The van der Waals surface area contributed by atoms with E-state index >= 15 is 0 Å². The van der Waals surface area contributed by atoms with Gasteiger partial charge in [-0.1, -0.05) is 41.4 Å². The summed E-state index contributed by atoms with van der Waals surface area (Å²) >= 11 is 12.5. The van der Waals surface area contributed by atoms with Gasteiger partial charge in [-0.3, -0.25) is 4.79 Å². The molecule has 8 heteroatoms. The quantitative estimate of drug-likeness (QED) is 0.269. The number of nitriles is 1. The van der Waals surface area contributed by atoms with Crippen LogP contribution in [0.25, 0.3) is 6.08 Å². The van der Waals surface area contributed by atoms with Crippen molar-refractivity contribution < 1.29 is 18.7 Å². The third-order valence-corrected chi connectivity index (χ3v) is 5.49. The fourth-order valence-corrected chi connectivity index (χ4v) is 3.55. The van der Waals surface area contributed by atoms with Crippen molar-refractivity contribution in [3.05, 3.63) is 92.7 Å². The van der Waals surface area contributed by atoms with Gasteiger partial charge in [0.2, 0.25) is 0 Å². The van der Waals surface area contributed by atoms with Gasteiger partial charge in [0.15, 0.2) is 11.5 Å². The normalized spacial score (nSPS) is 11.0. The molecule has 3 aromatic rings. The molecule has 0 aliphatic carbocycles. The molecule has 0 saturated carbocycles. The summed E-state index contributed by atoms with van der Waals surface area (Å²) in [5.74, 6) is -0.343. The van der Waals surface area contributed by atoms with Crippen LogP contribution in [0.3, 0.4) is 0 Å². The van der Waals surface area contributed by atoms with E-state index in [-0.39, 0.29) is 28.8 Å². The van der Waals surface area contributed by atoms with Gasteiger partial charge in [-0.05, 0) is 73.0 Å². The average Bonchev–Trinajstić information content (AvgIpc) is 2.80. The number of rotatable bonds is 8. The smallest absolute Gasteiger partial charge is 0.266 e. The molecule has 0 fully saturated rings. The molecule has 3 rings (SSSR count). The molecule has 5 nitrogen and oxygen atoms in total. The summed E-state index contributed by atoms with van der Waals surface area (Å²) in [5.41, 5.74) is 2.17. The van der Waals surface area contributed by atoms with E-state index in [0.717, 1.165) is 0 Å². The second-order valence-corrected chi connectivity index (χ2v) is 8.03. The van der Waals surface area contributed by atoms with Gasteiger partial charge in [0.1, 0.15) is 24.1 Å². The summed E-state index contributed by atoms with van der Waals surface area (Å²) in [4.78, 5) is 12.7. The van der Waals surface area contributed by atoms with Crippen LogP contribution in [0.5, 0.6) is 11.5 Å². The molecule has 0 aliphatic rings. The summed E-state index contributed by atoms with van der Waals surface area (Å²) in [6, 6.07) is 16.2. The predicted octanol–water partition coefficient (Wildman–Crippen LogP) is 6.96. The molecule has 0 saturated heterocycles. The minimum absolute atomic E-state index is 0.0809. The van der Waals surface area contributed by atoms with Gasteiger partial charge in [0, 0.05) is 10.7 Å². The number of nitrogens with zero attached hydrogens (tertiary/aromatic N) is 1. The highest BCUT2D eigenvalue weighted by atomic mass is 35.5. The highest BCUT2D eigenvalue weighted by Crippen LogP contribution is 2.38. The number of hydrogen-bond donors (Lipinski definition) is 1. The molecule has 0 radical (unpaired) electrons. The molecule has 0 atom stereocenters. The zero-order valence-electron chi connectivity index (χ0n) is 18.5. The first-order valence-electron chi connectivity index (χ1n) is 10.3. The maximum Gasteiger partial charge on any atom is 0.266 e. The van der Waals surface area contributed by atoms with Gasteiger partial charge in [-0.2, -0.15) is 5.26 Å². The number of nitrogens with one attached hydrogen (secondary N) is 1. The Bertz CT molecular complexity index is 1290. The van der Waals surface area contributed by atoms with Gasteiger partial charge in [0.05, 0.1) is 11.6 Å². The Morgan fingerprint density at radius 3 is 2.59 bits per heavy atom. The van der Waals surface area contributed by atoms with Crippen LogP contribution in [0, 0.1) is 24.1 Å². The van der Waals surface area contributed by atoms with E-state index in [4.69, 9.17) is 32.7 Å². The number of carbonyl (C=O) groups excluding carboxylic acids is 1. The van der Waals surface area contributed by atoms with E-state index in [9.17, 15) is 14.4 Å². The molecular weight excluding hydrogens is 478 g/mol. The van der Waals surface area contributed by atoms with Crippen molar-refractivity contribution in [3.8, 4) is 17.6 Å². The average molecular weight is 499 g/mol. The van der Waals surface area contributed by atoms with Crippen molar-refractivity contribution in [2.24, 2.45) is 0 Å². The van der Waals surface area contributed by atoms with Crippen LogP contribution in [-0.4, -0.2) is 12.5 Å². The minimum Gasteiger partial charge on any atom is -0.490 e. The van der Waals surface area contributed by atoms with Crippen LogP contribution in [-0.2, 0) is 11.4 Å². The van der Waals surface area contributed by atoms with Crippen LogP contribution in [0.15, 0.2) is 60.2 Å².